The van der Waals surface area contributed by atoms with Crippen molar-refractivity contribution in [1.82, 2.24) is 10.2 Å². The van der Waals surface area contributed by atoms with E-state index in [0.29, 0.717) is 24.7 Å². The Morgan fingerprint density at radius 3 is 2.38 bits per heavy atom. The molecular formula is C21H29Cl3N2O3. The zero-order valence-electron chi connectivity index (χ0n) is 16.3. The van der Waals surface area contributed by atoms with Gasteiger partial charge < -0.3 is 20.3 Å². The minimum Gasteiger partial charge on any atom is -0.394 e. The Hall–Kier alpha value is -0.890. The number of hydrogen-bond acceptors (Lipinski definition) is 5. The zero-order valence-corrected chi connectivity index (χ0v) is 18.7. The molecular weight excluding hydrogens is 435 g/mol. The summed E-state index contributed by atoms with van der Waals surface area (Å²) in [6, 6.07) is 17.6. The van der Waals surface area contributed by atoms with E-state index in [1.54, 1.807) is 0 Å². The van der Waals surface area contributed by atoms with Crippen molar-refractivity contribution in [2.24, 2.45) is 0 Å². The molecule has 162 valence electrons. The number of nitrogens with zero attached hydrogens (tertiary/aromatic N) is 1. The monoisotopic (exact) mass is 462 g/mol. The molecule has 0 aliphatic carbocycles. The zero-order chi connectivity index (χ0) is 19.2. The van der Waals surface area contributed by atoms with E-state index in [9.17, 15) is 10.2 Å². The SMILES string of the molecule is CN(Cc1ccccc1)[C@H]1[C@H](O)[C@H](CO)O[C@@H]1CNCc1cccc(Cl)c1.Cl.Cl. The van der Waals surface area contributed by atoms with E-state index in [1.165, 1.54) is 5.56 Å². The summed E-state index contributed by atoms with van der Waals surface area (Å²) in [6.45, 7) is 1.75. The van der Waals surface area contributed by atoms with E-state index in [0.717, 1.165) is 5.56 Å². The fourth-order valence-corrected chi connectivity index (χ4v) is 3.89. The number of halogens is 3. The second-order valence-electron chi connectivity index (χ2n) is 7.04. The van der Waals surface area contributed by atoms with Crippen molar-refractivity contribution in [3.05, 3.63) is 70.7 Å². The lowest BCUT2D eigenvalue weighted by atomic mass is 10.0. The maximum atomic E-state index is 10.6. The number of likely N-dealkylation sites (N-methyl/N-ethyl adjacent to an activating group) is 1. The fraction of sp³-hybridized carbons (Fsp3) is 0.429. The van der Waals surface area contributed by atoms with Crippen molar-refractivity contribution >= 4 is 36.4 Å². The van der Waals surface area contributed by atoms with Crippen molar-refractivity contribution in [1.29, 1.82) is 0 Å². The molecule has 0 saturated carbocycles. The van der Waals surface area contributed by atoms with Crippen LogP contribution in [-0.4, -0.2) is 59.7 Å². The molecule has 2 aromatic rings. The Balaban J connectivity index is 0.00000210. The molecule has 4 atom stereocenters. The van der Waals surface area contributed by atoms with Crippen LogP contribution in [0.4, 0.5) is 0 Å². The van der Waals surface area contributed by atoms with Crippen LogP contribution < -0.4 is 5.32 Å². The van der Waals surface area contributed by atoms with E-state index in [2.05, 4.69) is 22.3 Å². The van der Waals surface area contributed by atoms with Gasteiger partial charge in [-0.2, -0.15) is 0 Å². The summed E-state index contributed by atoms with van der Waals surface area (Å²) in [5.74, 6) is 0. The molecule has 1 aliphatic heterocycles. The summed E-state index contributed by atoms with van der Waals surface area (Å²) in [5.41, 5.74) is 2.26. The molecule has 0 aromatic heterocycles. The maximum Gasteiger partial charge on any atom is 0.109 e. The average Bonchev–Trinajstić information content (AvgIpc) is 2.98. The van der Waals surface area contributed by atoms with E-state index < -0.39 is 12.2 Å². The minimum absolute atomic E-state index is 0. The van der Waals surface area contributed by atoms with Gasteiger partial charge in [-0.25, -0.2) is 0 Å². The van der Waals surface area contributed by atoms with Crippen LogP contribution in [0.3, 0.4) is 0 Å². The number of nitrogens with one attached hydrogen (secondary N) is 1. The first-order valence-corrected chi connectivity index (χ1v) is 9.60. The van der Waals surface area contributed by atoms with Crippen molar-refractivity contribution in [2.75, 3.05) is 20.2 Å². The quantitative estimate of drug-likeness (QED) is 0.562. The Labute approximate surface area is 189 Å². The largest absolute Gasteiger partial charge is 0.394 e. The Morgan fingerprint density at radius 2 is 1.72 bits per heavy atom. The highest BCUT2D eigenvalue weighted by molar-refractivity contribution is 6.30. The first-order chi connectivity index (χ1) is 13.1. The lowest BCUT2D eigenvalue weighted by molar-refractivity contribution is -0.0213. The molecule has 0 bridgehead atoms. The molecule has 1 heterocycles. The Kier molecular flexibility index (Phi) is 11.5. The maximum absolute atomic E-state index is 10.6. The molecule has 0 radical (unpaired) electrons. The molecule has 0 amide bonds. The van der Waals surface area contributed by atoms with Crippen molar-refractivity contribution in [2.45, 2.75) is 37.4 Å². The van der Waals surface area contributed by atoms with Gasteiger partial charge in [0.05, 0.1) is 18.8 Å². The standard InChI is InChI=1S/C21H27ClN2O3.2ClH/c1-24(13-15-6-3-2-4-7-15)20-18(27-19(14-25)21(20)26)12-23-11-16-8-5-9-17(22)10-16;;/h2-10,18-21,23,25-26H,11-14H2,1H3;2*1H/t18-,19+,20-,21-;;/m1../s1. The first-order valence-electron chi connectivity index (χ1n) is 9.22. The first kappa shape index (κ1) is 26.1. The molecule has 1 aliphatic rings. The summed E-state index contributed by atoms with van der Waals surface area (Å²) in [7, 11) is 1.98. The molecule has 1 fully saturated rings. The third-order valence-corrected chi connectivity index (χ3v) is 5.22. The van der Waals surface area contributed by atoms with Crippen molar-refractivity contribution in [3.63, 3.8) is 0 Å². The van der Waals surface area contributed by atoms with Gasteiger partial charge in [0.1, 0.15) is 12.2 Å². The van der Waals surface area contributed by atoms with E-state index in [4.69, 9.17) is 16.3 Å². The summed E-state index contributed by atoms with van der Waals surface area (Å²) < 4.78 is 5.93. The molecule has 29 heavy (non-hydrogen) atoms. The number of benzene rings is 2. The van der Waals surface area contributed by atoms with Gasteiger partial charge >= 0.3 is 0 Å². The highest BCUT2D eigenvalue weighted by Gasteiger charge is 2.44. The molecule has 1 saturated heterocycles. The summed E-state index contributed by atoms with van der Waals surface area (Å²) >= 11 is 6.03. The van der Waals surface area contributed by atoms with Crippen LogP contribution in [0.25, 0.3) is 0 Å². The van der Waals surface area contributed by atoms with Gasteiger partial charge in [-0.3, -0.25) is 4.90 Å². The number of aliphatic hydroxyl groups is 2. The third kappa shape index (κ3) is 7.09. The van der Waals surface area contributed by atoms with Gasteiger partial charge in [0.25, 0.3) is 0 Å². The normalized spacial score (nSPS) is 23.5. The summed E-state index contributed by atoms with van der Waals surface area (Å²) in [4.78, 5) is 2.10. The topological polar surface area (TPSA) is 65.0 Å². The number of hydrogen-bond donors (Lipinski definition) is 3. The van der Waals surface area contributed by atoms with Crippen molar-refractivity contribution < 1.29 is 14.9 Å². The number of rotatable bonds is 8. The van der Waals surface area contributed by atoms with Crippen molar-refractivity contribution in [3.8, 4) is 0 Å². The van der Waals surface area contributed by atoms with Crippen LogP contribution in [0.15, 0.2) is 54.6 Å². The van der Waals surface area contributed by atoms with Crippen LogP contribution >= 0.6 is 36.4 Å². The van der Waals surface area contributed by atoms with E-state index in [1.807, 2.05) is 49.5 Å². The predicted molar refractivity (Wildman–Crippen MR) is 121 cm³/mol. The highest BCUT2D eigenvalue weighted by Crippen LogP contribution is 2.26. The lowest BCUT2D eigenvalue weighted by Crippen LogP contribution is -2.48. The minimum atomic E-state index is -0.735. The van der Waals surface area contributed by atoms with Crippen LogP contribution in [0.1, 0.15) is 11.1 Å². The average molecular weight is 464 g/mol. The van der Waals surface area contributed by atoms with Gasteiger partial charge in [-0.15, -0.1) is 24.8 Å². The second-order valence-corrected chi connectivity index (χ2v) is 7.47. The molecule has 5 nitrogen and oxygen atoms in total. The van der Waals surface area contributed by atoms with Crippen LogP contribution in [0.5, 0.6) is 0 Å². The van der Waals surface area contributed by atoms with E-state index >= 15 is 0 Å². The fourth-order valence-electron chi connectivity index (χ4n) is 3.67. The molecule has 3 rings (SSSR count). The van der Waals surface area contributed by atoms with Gasteiger partial charge in [0.2, 0.25) is 0 Å². The van der Waals surface area contributed by atoms with Gasteiger partial charge in [-0.05, 0) is 30.3 Å². The summed E-state index contributed by atoms with van der Waals surface area (Å²) in [6.07, 6.45) is -1.52. The number of aliphatic hydroxyl groups excluding tert-OH is 2. The predicted octanol–water partition coefficient (Wildman–Crippen LogP) is 2.89. The summed E-state index contributed by atoms with van der Waals surface area (Å²) in [5, 5.41) is 24.3. The molecule has 3 N–H and O–H groups in total. The molecule has 2 aromatic carbocycles. The van der Waals surface area contributed by atoms with Gasteiger partial charge in [0.15, 0.2) is 0 Å². The molecule has 8 heteroatoms. The highest BCUT2D eigenvalue weighted by atomic mass is 35.5. The number of ether oxygens (including phenoxy) is 1. The second kappa shape index (κ2) is 12.7. The Morgan fingerprint density at radius 1 is 1.03 bits per heavy atom. The van der Waals surface area contributed by atoms with E-state index in [-0.39, 0.29) is 43.6 Å². The third-order valence-electron chi connectivity index (χ3n) is 4.99. The molecule has 0 spiro atoms. The van der Waals surface area contributed by atoms with Crippen LogP contribution in [-0.2, 0) is 17.8 Å². The van der Waals surface area contributed by atoms with Gasteiger partial charge in [-0.1, -0.05) is 54.1 Å². The Bertz CT molecular complexity index is 723. The smallest absolute Gasteiger partial charge is 0.109 e. The lowest BCUT2D eigenvalue weighted by Gasteiger charge is -2.30. The van der Waals surface area contributed by atoms with Crippen LogP contribution in [0.2, 0.25) is 5.02 Å². The molecule has 0 unspecified atom stereocenters. The van der Waals surface area contributed by atoms with Crippen LogP contribution in [0, 0.1) is 0 Å². The van der Waals surface area contributed by atoms with Gasteiger partial charge in [0, 0.05) is 24.7 Å².